The topological polar surface area (TPSA) is 50.8 Å². The molecule has 4 aliphatic carbocycles. The third-order valence-corrected chi connectivity index (χ3v) is 7.51. The second-order valence-electron chi connectivity index (χ2n) is 9.76. The van der Waals surface area contributed by atoms with Gasteiger partial charge < -0.3 is 14.8 Å². The van der Waals surface area contributed by atoms with Crippen LogP contribution in [-0.4, -0.2) is 42.6 Å². The Bertz CT molecular complexity index is 727. The molecule has 1 unspecified atom stereocenters. The number of carbonyl (C=O) groups excluding carboxylic acids is 1. The van der Waals surface area contributed by atoms with Gasteiger partial charge in [0, 0.05) is 12.1 Å². The monoisotopic (exact) mass is 384 g/mol. The lowest BCUT2D eigenvalue weighted by molar-refractivity contribution is -0.131. The molecule has 5 nitrogen and oxygen atoms in total. The minimum absolute atomic E-state index is 0.0813. The molecule has 0 saturated heterocycles. The number of carbonyl (C=O) groups is 1. The molecule has 152 valence electrons. The molecule has 0 radical (unpaired) electrons. The van der Waals surface area contributed by atoms with Gasteiger partial charge in [0.05, 0.1) is 6.04 Å². The number of benzene rings is 1. The van der Waals surface area contributed by atoms with Crippen LogP contribution in [0.4, 0.5) is 0 Å². The zero-order valence-electron chi connectivity index (χ0n) is 17.1. The maximum Gasteiger partial charge on any atom is 0.237 e. The lowest BCUT2D eigenvalue weighted by atomic mass is 9.53. The Hall–Kier alpha value is -1.75. The van der Waals surface area contributed by atoms with Crippen LogP contribution in [0, 0.1) is 17.8 Å². The van der Waals surface area contributed by atoms with Gasteiger partial charge in [-0.1, -0.05) is 6.07 Å². The predicted molar refractivity (Wildman–Crippen MR) is 107 cm³/mol. The standard InChI is InChI=1S/C23H32N2O3/c1-15(25(2)14-16-3-4-20-21(10-16)28-6-5-27-20)22(26)24-23-11-17-7-18(12-23)9-19(8-17)13-23/h3-4,10,15,17-19H,5-9,11-14H2,1-2H3,(H,24,26). The fraction of sp³-hybridized carbons (Fsp3) is 0.696. The molecule has 1 aromatic carbocycles. The third-order valence-electron chi connectivity index (χ3n) is 7.51. The molecule has 4 saturated carbocycles. The van der Waals surface area contributed by atoms with Gasteiger partial charge in [-0.3, -0.25) is 9.69 Å². The zero-order chi connectivity index (χ0) is 19.3. The van der Waals surface area contributed by atoms with E-state index >= 15 is 0 Å². The summed E-state index contributed by atoms with van der Waals surface area (Å²) in [6.45, 7) is 3.93. The number of ether oxygens (including phenoxy) is 2. The first kappa shape index (κ1) is 18.3. The van der Waals surface area contributed by atoms with Crippen LogP contribution < -0.4 is 14.8 Å². The van der Waals surface area contributed by atoms with Crippen LogP contribution in [0.25, 0.3) is 0 Å². The number of nitrogens with one attached hydrogen (secondary N) is 1. The average molecular weight is 385 g/mol. The van der Waals surface area contributed by atoms with E-state index in [9.17, 15) is 4.79 Å². The van der Waals surface area contributed by atoms with E-state index in [0.717, 1.165) is 34.8 Å². The molecule has 1 aliphatic heterocycles. The van der Waals surface area contributed by atoms with Crippen molar-refractivity contribution >= 4 is 5.91 Å². The minimum atomic E-state index is -0.152. The second-order valence-corrected chi connectivity index (χ2v) is 9.76. The molecule has 5 aliphatic rings. The van der Waals surface area contributed by atoms with Crippen LogP contribution in [0.5, 0.6) is 11.5 Å². The highest BCUT2D eigenvalue weighted by atomic mass is 16.6. The van der Waals surface area contributed by atoms with Crippen LogP contribution in [0.15, 0.2) is 18.2 Å². The molecular weight excluding hydrogens is 352 g/mol. The van der Waals surface area contributed by atoms with Crippen molar-refractivity contribution in [3.05, 3.63) is 23.8 Å². The van der Waals surface area contributed by atoms with Gasteiger partial charge in [0.1, 0.15) is 13.2 Å². The predicted octanol–water partition coefficient (Wildman–Crippen LogP) is 3.36. The first-order chi connectivity index (χ1) is 13.5. The Morgan fingerprint density at radius 1 is 1.11 bits per heavy atom. The fourth-order valence-electron chi connectivity index (χ4n) is 6.44. The highest BCUT2D eigenvalue weighted by molar-refractivity contribution is 5.82. The van der Waals surface area contributed by atoms with Gasteiger partial charge in [-0.25, -0.2) is 0 Å². The number of nitrogens with zero attached hydrogens (tertiary/aromatic N) is 1. The molecule has 1 atom stereocenters. The van der Waals surface area contributed by atoms with Crippen molar-refractivity contribution in [1.82, 2.24) is 10.2 Å². The maximum absolute atomic E-state index is 13.1. The highest BCUT2D eigenvalue weighted by Crippen LogP contribution is 2.55. The summed E-state index contributed by atoms with van der Waals surface area (Å²) >= 11 is 0. The summed E-state index contributed by atoms with van der Waals surface area (Å²) in [6, 6.07) is 5.92. The number of amides is 1. The maximum atomic E-state index is 13.1. The van der Waals surface area contributed by atoms with Gasteiger partial charge in [0.15, 0.2) is 11.5 Å². The van der Waals surface area contributed by atoms with E-state index in [1.807, 2.05) is 26.1 Å². The fourth-order valence-corrected chi connectivity index (χ4v) is 6.44. The van der Waals surface area contributed by atoms with E-state index in [-0.39, 0.29) is 17.5 Å². The number of fused-ring (bicyclic) bond motifs is 1. The molecule has 0 aromatic heterocycles. The smallest absolute Gasteiger partial charge is 0.237 e. The molecule has 1 amide bonds. The summed E-state index contributed by atoms with van der Waals surface area (Å²) in [5.74, 6) is 4.34. The number of likely N-dealkylation sites (N-methyl/N-ethyl adjacent to an activating group) is 1. The van der Waals surface area contributed by atoms with E-state index in [0.29, 0.717) is 19.8 Å². The lowest BCUT2D eigenvalue weighted by Crippen LogP contribution is -2.62. The van der Waals surface area contributed by atoms with Crippen molar-refractivity contribution < 1.29 is 14.3 Å². The SMILES string of the molecule is CC(C(=O)NC12CC3CC(CC(C3)C1)C2)N(C)Cc1ccc2c(c1)OCCO2. The Balaban J connectivity index is 1.22. The van der Waals surface area contributed by atoms with Gasteiger partial charge in [-0.15, -0.1) is 0 Å². The summed E-state index contributed by atoms with van der Waals surface area (Å²) in [7, 11) is 2.03. The Morgan fingerprint density at radius 2 is 1.71 bits per heavy atom. The molecule has 5 heteroatoms. The van der Waals surface area contributed by atoms with E-state index in [1.165, 1.54) is 38.5 Å². The normalized spacial score (nSPS) is 33.8. The summed E-state index contributed by atoms with van der Waals surface area (Å²) in [5.41, 5.74) is 1.22. The van der Waals surface area contributed by atoms with Gasteiger partial charge in [-0.2, -0.15) is 0 Å². The lowest BCUT2D eigenvalue weighted by Gasteiger charge is -2.57. The Labute approximate surface area is 167 Å². The Morgan fingerprint density at radius 3 is 2.36 bits per heavy atom. The molecule has 1 N–H and O–H groups in total. The molecule has 0 spiro atoms. The first-order valence-corrected chi connectivity index (χ1v) is 10.9. The average Bonchev–Trinajstić information content (AvgIpc) is 2.65. The molecular formula is C23H32N2O3. The van der Waals surface area contributed by atoms with Crippen molar-refractivity contribution in [2.45, 2.75) is 63.6 Å². The van der Waals surface area contributed by atoms with Crippen LogP contribution in [0.1, 0.15) is 51.0 Å². The molecule has 4 fully saturated rings. The van der Waals surface area contributed by atoms with Gasteiger partial charge in [0.25, 0.3) is 0 Å². The molecule has 6 rings (SSSR count). The third kappa shape index (κ3) is 3.38. The largest absolute Gasteiger partial charge is 0.486 e. The molecule has 4 bridgehead atoms. The minimum Gasteiger partial charge on any atom is -0.486 e. The molecule has 1 aromatic rings. The number of rotatable bonds is 5. The van der Waals surface area contributed by atoms with Gasteiger partial charge in [-0.05, 0) is 87.9 Å². The van der Waals surface area contributed by atoms with Crippen LogP contribution in [0.2, 0.25) is 0 Å². The molecule has 28 heavy (non-hydrogen) atoms. The van der Waals surface area contributed by atoms with Crippen molar-refractivity contribution in [1.29, 1.82) is 0 Å². The quantitative estimate of drug-likeness (QED) is 0.846. The summed E-state index contributed by atoms with van der Waals surface area (Å²) in [6.07, 6.45) is 7.79. The van der Waals surface area contributed by atoms with Crippen LogP contribution in [0.3, 0.4) is 0 Å². The van der Waals surface area contributed by atoms with E-state index in [1.54, 1.807) is 0 Å². The summed E-state index contributed by atoms with van der Waals surface area (Å²) in [5, 5.41) is 3.52. The van der Waals surface area contributed by atoms with Gasteiger partial charge in [0.2, 0.25) is 5.91 Å². The van der Waals surface area contributed by atoms with Crippen molar-refractivity contribution in [2.24, 2.45) is 17.8 Å². The zero-order valence-corrected chi connectivity index (χ0v) is 17.1. The van der Waals surface area contributed by atoms with Crippen LogP contribution in [-0.2, 0) is 11.3 Å². The number of hydrogen-bond donors (Lipinski definition) is 1. The van der Waals surface area contributed by atoms with Gasteiger partial charge >= 0.3 is 0 Å². The molecule has 1 heterocycles. The van der Waals surface area contributed by atoms with Crippen molar-refractivity contribution in [2.75, 3.05) is 20.3 Å². The summed E-state index contributed by atoms with van der Waals surface area (Å²) < 4.78 is 11.3. The van der Waals surface area contributed by atoms with Crippen molar-refractivity contribution in [3.8, 4) is 11.5 Å². The highest BCUT2D eigenvalue weighted by Gasteiger charge is 2.51. The van der Waals surface area contributed by atoms with E-state index in [2.05, 4.69) is 16.3 Å². The Kier molecular flexibility index (Phi) is 4.53. The van der Waals surface area contributed by atoms with Crippen molar-refractivity contribution in [3.63, 3.8) is 0 Å². The van der Waals surface area contributed by atoms with E-state index in [4.69, 9.17) is 9.47 Å². The second kappa shape index (κ2) is 6.94. The first-order valence-electron chi connectivity index (χ1n) is 10.9. The van der Waals surface area contributed by atoms with E-state index < -0.39 is 0 Å². The van der Waals surface area contributed by atoms with Crippen LogP contribution >= 0.6 is 0 Å². The number of hydrogen-bond acceptors (Lipinski definition) is 4. The summed E-state index contributed by atoms with van der Waals surface area (Å²) in [4.78, 5) is 15.2.